The minimum Gasteiger partial charge on any atom is -0.496 e. The van der Waals surface area contributed by atoms with Crippen LogP contribution in [0, 0.1) is 27.7 Å². The van der Waals surface area contributed by atoms with E-state index in [0.717, 1.165) is 38.3 Å². The molecule has 2 rings (SSSR count). The molecule has 0 amide bonds. The molecule has 1 aromatic carbocycles. The van der Waals surface area contributed by atoms with Gasteiger partial charge >= 0.3 is 0 Å². The average molecular weight is 324 g/mol. The van der Waals surface area contributed by atoms with Crippen LogP contribution in [0.1, 0.15) is 22.4 Å². The highest BCUT2D eigenvalue weighted by Gasteiger charge is 2.22. The maximum Gasteiger partial charge on any atom is 0.131 e. The summed E-state index contributed by atoms with van der Waals surface area (Å²) in [6, 6.07) is 0. The molecule has 0 saturated heterocycles. The number of nitrogens with two attached hydrogens (primary N) is 1. The summed E-state index contributed by atoms with van der Waals surface area (Å²) in [6.07, 6.45) is 0. The molecule has 0 unspecified atom stereocenters. The van der Waals surface area contributed by atoms with E-state index in [0.29, 0.717) is 5.69 Å². The molecule has 19 heavy (non-hydrogen) atoms. The van der Waals surface area contributed by atoms with Gasteiger partial charge in [-0.1, -0.05) is 15.9 Å². The summed E-state index contributed by atoms with van der Waals surface area (Å²) in [6.45, 7) is 8.05. The molecule has 0 aliphatic heterocycles. The van der Waals surface area contributed by atoms with Gasteiger partial charge in [0.2, 0.25) is 0 Å². The van der Waals surface area contributed by atoms with E-state index >= 15 is 0 Å². The number of H-pyrrole nitrogens is 1. The average Bonchev–Trinajstić information content (AvgIpc) is 2.72. The number of aryl methyl sites for hydroxylation is 1. The van der Waals surface area contributed by atoms with Crippen molar-refractivity contribution in [1.29, 1.82) is 0 Å². The van der Waals surface area contributed by atoms with Crippen LogP contribution in [0.2, 0.25) is 0 Å². The third kappa shape index (κ3) is 2.02. The summed E-state index contributed by atoms with van der Waals surface area (Å²) in [5.41, 5.74) is 12.7. The summed E-state index contributed by atoms with van der Waals surface area (Å²) >= 11 is 3.64. The maximum atomic E-state index is 6.10. The second-order valence-electron chi connectivity index (χ2n) is 4.71. The fourth-order valence-electron chi connectivity index (χ4n) is 2.25. The highest BCUT2D eigenvalue weighted by molar-refractivity contribution is 9.10. The number of nitrogens with zero attached hydrogens (tertiary/aromatic N) is 1. The topological polar surface area (TPSA) is 63.9 Å². The predicted molar refractivity (Wildman–Crippen MR) is 81.6 cm³/mol. The van der Waals surface area contributed by atoms with Gasteiger partial charge in [-0.15, -0.1) is 0 Å². The smallest absolute Gasteiger partial charge is 0.131 e. The standard InChI is InChI=1S/C14H18BrN3O/c1-6-7(2)14(19-5)10(8(3)11(6)15)13-12(16)9(4)17-18-13/h16H2,1-5H3,(H,17,18). The van der Waals surface area contributed by atoms with Crippen LogP contribution in [0.4, 0.5) is 5.69 Å². The first kappa shape index (κ1) is 13.9. The molecule has 1 aromatic heterocycles. The molecule has 3 N–H and O–H groups in total. The third-order valence-electron chi connectivity index (χ3n) is 3.60. The summed E-state index contributed by atoms with van der Waals surface area (Å²) in [4.78, 5) is 0. The molecule has 1 heterocycles. The third-order valence-corrected chi connectivity index (χ3v) is 4.79. The summed E-state index contributed by atoms with van der Waals surface area (Å²) in [7, 11) is 1.67. The minimum atomic E-state index is 0.663. The van der Waals surface area contributed by atoms with E-state index in [1.165, 1.54) is 5.56 Å². The van der Waals surface area contributed by atoms with Crippen LogP contribution < -0.4 is 10.5 Å². The van der Waals surface area contributed by atoms with Crippen molar-refractivity contribution < 1.29 is 4.74 Å². The quantitative estimate of drug-likeness (QED) is 0.886. The van der Waals surface area contributed by atoms with E-state index in [4.69, 9.17) is 10.5 Å². The number of methoxy groups -OCH3 is 1. The number of hydrogen-bond acceptors (Lipinski definition) is 3. The lowest BCUT2D eigenvalue weighted by molar-refractivity contribution is 0.412. The van der Waals surface area contributed by atoms with Crippen LogP contribution in [0.25, 0.3) is 11.3 Å². The van der Waals surface area contributed by atoms with Crippen molar-refractivity contribution in [3.8, 4) is 17.0 Å². The van der Waals surface area contributed by atoms with Gasteiger partial charge in [0.25, 0.3) is 0 Å². The highest BCUT2D eigenvalue weighted by atomic mass is 79.9. The lowest BCUT2D eigenvalue weighted by Gasteiger charge is -2.18. The van der Waals surface area contributed by atoms with Crippen LogP contribution in [-0.2, 0) is 0 Å². The zero-order valence-corrected chi connectivity index (χ0v) is 13.4. The number of aromatic amines is 1. The van der Waals surface area contributed by atoms with Crippen molar-refractivity contribution in [2.75, 3.05) is 12.8 Å². The number of hydrogen-bond donors (Lipinski definition) is 2. The SMILES string of the molecule is COc1c(C)c(C)c(Br)c(C)c1-c1n[nH]c(C)c1N. The largest absolute Gasteiger partial charge is 0.496 e. The molecule has 0 aliphatic rings. The summed E-state index contributed by atoms with van der Waals surface area (Å²) in [5.74, 6) is 0.830. The van der Waals surface area contributed by atoms with Crippen LogP contribution in [-0.4, -0.2) is 17.3 Å². The molecule has 0 aliphatic carbocycles. The molecule has 0 bridgehead atoms. The van der Waals surface area contributed by atoms with E-state index in [2.05, 4.69) is 33.1 Å². The second-order valence-corrected chi connectivity index (χ2v) is 5.50. The van der Waals surface area contributed by atoms with Crippen molar-refractivity contribution in [2.24, 2.45) is 0 Å². The molecule has 102 valence electrons. The first-order valence-corrected chi connectivity index (χ1v) is 6.83. The van der Waals surface area contributed by atoms with Crippen molar-refractivity contribution in [2.45, 2.75) is 27.7 Å². The van der Waals surface area contributed by atoms with Crippen LogP contribution in [0.5, 0.6) is 5.75 Å². The van der Waals surface area contributed by atoms with Crippen molar-refractivity contribution in [3.63, 3.8) is 0 Å². The van der Waals surface area contributed by atoms with Gasteiger partial charge in [-0.05, 0) is 44.4 Å². The Morgan fingerprint density at radius 1 is 1.11 bits per heavy atom. The molecule has 0 fully saturated rings. The predicted octanol–water partition coefficient (Wildman–Crippen LogP) is 3.66. The summed E-state index contributed by atoms with van der Waals surface area (Å²) in [5, 5.41) is 7.24. The number of anilines is 1. The number of rotatable bonds is 2. The van der Waals surface area contributed by atoms with Gasteiger partial charge in [-0.2, -0.15) is 5.10 Å². The number of nitrogen functional groups attached to an aromatic ring is 1. The Kier molecular flexibility index (Phi) is 3.58. The summed E-state index contributed by atoms with van der Waals surface area (Å²) < 4.78 is 6.65. The lowest BCUT2D eigenvalue weighted by Crippen LogP contribution is -2.00. The number of halogens is 1. The van der Waals surface area contributed by atoms with Gasteiger partial charge in [0, 0.05) is 4.47 Å². The minimum absolute atomic E-state index is 0.663. The Balaban J connectivity index is 2.87. The Morgan fingerprint density at radius 2 is 1.74 bits per heavy atom. The monoisotopic (exact) mass is 323 g/mol. The molecule has 5 heteroatoms. The fraction of sp³-hybridized carbons (Fsp3) is 0.357. The van der Waals surface area contributed by atoms with Crippen molar-refractivity contribution >= 4 is 21.6 Å². The van der Waals surface area contributed by atoms with Crippen LogP contribution in [0.3, 0.4) is 0 Å². The zero-order chi connectivity index (χ0) is 14.3. The van der Waals surface area contributed by atoms with Gasteiger partial charge in [-0.25, -0.2) is 0 Å². The zero-order valence-electron chi connectivity index (χ0n) is 11.8. The molecule has 0 spiro atoms. The van der Waals surface area contributed by atoms with Gasteiger partial charge in [0.05, 0.1) is 24.1 Å². The highest BCUT2D eigenvalue weighted by Crippen LogP contribution is 2.43. The van der Waals surface area contributed by atoms with Crippen LogP contribution >= 0.6 is 15.9 Å². The van der Waals surface area contributed by atoms with Gasteiger partial charge in [-0.3, -0.25) is 5.10 Å². The first-order valence-electron chi connectivity index (χ1n) is 6.04. The molecule has 0 saturated carbocycles. The van der Waals surface area contributed by atoms with E-state index in [1.54, 1.807) is 7.11 Å². The van der Waals surface area contributed by atoms with Gasteiger partial charge in [0.1, 0.15) is 11.4 Å². The van der Waals surface area contributed by atoms with Crippen LogP contribution in [0.15, 0.2) is 4.47 Å². The molecular weight excluding hydrogens is 306 g/mol. The molecular formula is C14H18BrN3O. The van der Waals surface area contributed by atoms with E-state index in [-0.39, 0.29) is 0 Å². The Morgan fingerprint density at radius 3 is 2.21 bits per heavy atom. The Bertz CT molecular complexity index is 647. The van der Waals surface area contributed by atoms with E-state index < -0.39 is 0 Å². The first-order chi connectivity index (χ1) is 8.90. The molecule has 0 atom stereocenters. The van der Waals surface area contributed by atoms with Crippen molar-refractivity contribution in [1.82, 2.24) is 10.2 Å². The molecule has 0 radical (unpaired) electrons. The van der Waals surface area contributed by atoms with E-state index in [1.807, 2.05) is 20.8 Å². The Hall–Kier alpha value is -1.49. The molecule has 4 nitrogen and oxygen atoms in total. The fourth-order valence-corrected chi connectivity index (χ4v) is 2.75. The number of nitrogens with one attached hydrogen (secondary N) is 1. The lowest BCUT2D eigenvalue weighted by atomic mass is 9.96. The normalized spacial score (nSPS) is 10.8. The number of aromatic nitrogens is 2. The molecule has 2 aromatic rings. The van der Waals surface area contributed by atoms with Gasteiger partial charge < -0.3 is 10.5 Å². The second kappa shape index (κ2) is 4.89. The Labute approximate surface area is 121 Å². The van der Waals surface area contributed by atoms with E-state index in [9.17, 15) is 0 Å². The van der Waals surface area contributed by atoms with Gasteiger partial charge in [0.15, 0.2) is 0 Å². The maximum absolute atomic E-state index is 6.10. The number of ether oxygens (including phenoxy) is 1. The number of benzene rings is 1. The van der Waals surface area contributed by atoms with Crippen molar-refractivity contribution in [3.05, 3.63) is 26.9 Å².